The first-order valence-corrected chi connectivity index (χ1v) is 8.65. The predicted octanol–water partition coefficient (Wildman–Crippen LogP) is 4.85. The van der Waals surface area contributed by atoms with Gasteiger partial charge < -0.3 is 14.3 Å². The van der Waals surface area contributed by atoms with Crippen molar-refractivity contribution >= 4 is 6.29 Å². The number of ether oxygens (including phenoxy) is 2. The maximum absolute atomic E-state index is 11.0. The Morgan fingerprint density at radius 2 is 1.71 bits per heavy atom. The summed E-state index contributed by atoms with van der Waals surface area (Å²) in [5.74, 6) is 1.68. The van der Waals surface area contributed by atoms with Crippen LogP contribution in [-0.4, -0.2) is 12.9 Å². The molecule has 2 heterocycles. The second-order valence-corrected chi connectivity index (χ2v) is 7.10. The Morgan fingerprint density at radius 3 is 2.38 bits per heavy atom. The Bertz CT molecular complexity index is 698. The number of hydrogen-bond acceptors (Lipinski definition) is 3. The maximum atomic E-state index is 11.0. The van der Waals surface area contributed by atoms with E-state index in [1.165, 1.54) is 5.56 Å². The molecule has 2 aliphatic heterocycles. The summed E-state index contributed by atoms with van der Waals surface area (Å²) in [6.45, 7) is 0.690. The molecule has 3 aliphatic rings. The third-order valence-corrected chi connectivity index (χ3v) is 5.63. The van der Waals surface area contributed by atoms with Crippen LogP contribution in [0, 0.1) is 5.41 Å². The minimum Gasteiger partial charge on any atom is -0.457 e. The first kappa shape index (κ1) is 15.4. The summed E-state index contributed by atoms with van der Waals surface area (Å²) in [5, 5.41) is 0. The average molecular weight is 322 g/mol. The monoisotopic (exact) mass is 322 g/mol. The van der Waals surface area contributed by atoms with E-state index in [9.17, 15) is 4.79 Å². The number of rotatable bonds is 5. The zero-order valence-corrected chi connectivity index (χ0v) is 13.7. The highest BCUT2D eigenvalue weighted by atomic mass is 16.5. The van der Waals surface area contributed by atoms with Gasteiger partial charge in [0.05, 0.1) is 12.2 Å². The van der Waals surface area contributed by atoms with Crippen LogP contribution in [0.2, 0.25) is 0 Å². The second-order valence-electron chi connectivity index (χ2n) is 7.10. The lowest BCUT2D eigenvalue weighted by Gasteiger charge is -2.53. The van der Waals surface area contributed by atoms with Crippen molar-refractivity contribution in [2.24, 2.45) is 5.41 Å². The van der Waals surface area contributed by atoms with E-state index in [4.69, 9.17) is 9.47 Å². The van der Waals surface area contributed by atoms with E-state index in [1.54, 1.807) is 0 Å². The van der Waals surface area contributed by atoms with Gasteiger partial charge in [-0.1, -0.05) is 30.3 Å². The summed E-state index contributed by atoms with van der Waals surface area (Å²) >= 11 is 0. The largest absolute Gasteiger partial charge is 0.457 e. The van der Waals surface area contributed by atoms with Gasteiger partial charge in [0.1, 0.15) is 17.8 Å². The molecule has 2 saturated heterocycles. The minimum atomic E-state index is -0.208. The molecule has 0 unspecified atom stereocenters. The summed E-state index contributed by atoms with van der Waals surface area (Å²) in [7, 11) is 0. The minimum absolute atomic E-state index is 0.0850. The van der Waals surface area contributed by atoms with Crippen LogP contribution in [0.1, 0.15) is 37.7 Å². The van der Waals surface area contributed by atoms with Crippen LogP contribution in [0.15, 0.2) is 54.6 Å². The maximum Gasteiger partial charge on any atom is 0.127 e. The van der Waals surface area contributed by atoms with Crippen LogP contribution >= 0.6 is 0 Å². The van der Waals surface area contributed by atoms with Crippen molar-refractivity contribution in [1.82, 2.24) is 0 Å². The molecule has 0 spiro atoms. The van der Waals surface area contributed by atoms with E-state index < -0.39 is 0 Å². The highest BCUT2D eigenvalue weighted by Crippen LogP contribution is 2.54. The Kier molecular flexibility index (Phi) is 3.89. The van der Waals surface area contributed by atoms with Crippen molar-refractivity contribution < 1.29 is 14.3 Å². The highest BCUT2D eigenvalue weighted by molar-refractivity contribution is 5.51. The highest BCUT2D eigenvalue weighted by Gasteiger charge is 2.50. The molecule has 5 rings (SSSR count). The number of fused-ring (bicyclic) bond motifs is 3. The fourth-order valence-electron chi connectivity index (χ4n) is 4.04. The van der Waals surface area contributed by atoms with Gasteiger partial charge in [-0.05, 0) is 55.5 Å². The molecule has 124 valence electrons. The molecular weight excluding hydrogens is 300 g/mol. The van der Waals surface area contributed by atoms with Crippen molar-refractivity contribution in [3.63, 3.8) is 0 Å². The Balaban J connectivity index is 1.55. The number of hydrogen-bond donors (Lipinski definition) is 0. The quantitative estimate of drug-likeness (QED) is 0.738. The fraction of sp³-hybridized carbons (Fsp3) is 0.381. The van der Waals surface area contributed by atoms with E-state index in [0.717, 1.165) is 43.5 Å². The molecule has 3 fully saturated rings. The number of aldehydes is 1. The summed E-state index contributed by atoms with van der Waals surface area (Å²) in [6.07, 6.45) is 5.77. The van der Waals surface area contributed by atoms with Gasteiger partial charge >= 0.3 is 0 Å². The van der Waals surface area contributed by atoms with Crippen LogP contribution in [0.4, 0.5) is 0 Å². The Hall–Kier alpha value is -2.13. The molecule has 24 heavy (non-hydrogen) atoms. The molecule has 0 aromatic heterocycles. The van der Waals surface area contributed by atoms with E-state index in [1.807, 2.05) is 42.5 Å². The van der Waals surface area contributed by atoms with Crippen LogP contribution in [-0.2, 0) is 15.1 Å². The second kappa shape index (κ2) is 6.06. The first-order valence-electron chi connectivity index (χ1n) is 8.65. The number of carbonyl (C=O) groups excluding carboxylic acids is 1. The summed E-state index contributed by atoms with van der Waals surface area (Å²) in [4.78, 5) is 11.0. The van der Waals surface area contributed by atoms with Gasteiger partial charge in [0, 0.05) is 11.8 Å². The lowest BCUT2D eigenvalue weighted by molar-refractivity contribution is -0.190. The Morgan fingerprint density at radius 1 is 0.958 bits per heavy atom. The number of para-hydroxylation sites is 1. The van der Waals surface area contributed by atoms with E-state index in [-0.39, 0.29) is 11.0 Å². The SMILES string of the molecule is O=CCC12CCC(c3cccc(Oc4ccccc4)c3)(CC1)OC2. The van der Waals surface area contributed by atoms with Gasteiger partial charge in [-0.2, -0.15) is 0 Å². The lowest BCUT2D eigenvalue weighted by Crippen LogP contribution is -2.49. The van der Waals surface area contributed by atoms with E-state index in [0.29, 0.717) is 13.0 Å². The lowest BCUT2D eigenvalue weighted by atomic mass is 9.63. The molecule has 2 aromatic rings. The van der Waals surface area contributed by atoms with Crippen molar-refractivity contribution in [3.05, 3.63) is 60.2 Å². The fourth-order valence-corrected chi connectivity index (χ4v) is 4.04. The van der Waals surface area contributed by atoms with Gasteiger partial charge in [0.2, 0.25) is 0 Å². The molecular formula is C21H22O3. The summed E-state index contributed by atoms with van der Waals surface area (Å²) < 4.78 is 12.3. The average Bonchev–Trinajstić information content (AvgIpc) is 2.64. The van der Waals surface area contributed by atoms with Gasteiger partial charge in [-0.15, -0.1) is 0 Å². The molecule has 0 radical (unpaired) electrons. The van der Waals surface area contributed by atoms with Crippen molar-refractivity contribution in [3.8, 4) is 11.5 Å². The van der Waals surface area contributed by atoms with Crippen molar-refractivity contribution in [1.29, 1.82) is 0 Å². The van der Waals surface area contributed by atoms with Gasteiger partial charge in [0.15, 0.2) is 0 Å². The number of benzene rings is 2. The molecule has 3 heteroatoms. The van der Waals surface area contributed by atoms with E-state index in [2.05, 4.69) is 12.1 Å². The zero-order chi connectivity index (χ0) is 16.5. The van der Waals surface area contributed by atoms with Crippen LogP contribution in [0.3, 0.4) is 0 Å². The topological polar surface area (TPSA) is 35.5 Å². The molecule has 2 aromatic carbocycles. The van der Waals surface area contributed by atoms with Crippen molar-refractivity contribution in [2.45, 2.75) is 37.7 Å². The summed E-state index contributed by atoms with van der Waals surface area (Å²) in [6, 6.07) is 18.1. The molecule has 0 N–H and O–H groups in total. The normalized spacial score (nSPS) is 28.5. The van der Waals surface area contributed by atoms with Crippen LogP contribution in [0.25, 0.3) is 0 Å². The van der Waals surface area contributed by atoms with Crippen LogP contribution in [0.5, 0.6) is 11.5 Å². The standard InChI is InChI=1S/C21H22O3/c22-14-13-20-9-11-21(12-10-20,23-16-20)17-5-4-8-19(15-17)24-18-6-2-1-3-7-18/h1-8,14-15H,9-13,16H2. The molecule has 0 atom stereocenters. The van der Waals surface area contributed by atoms with Gasteiger partial charge in [-0.3, -0.25) is 0 Å². The molecule has 1 saturated carbocycles. The first-order chi connectivity index (χ1) is 11.7. The third-order valence-electron chi connectivity index (χ3n) is 5.63. The molecule has 2 bridgehead atoms. The molecule has 3 nitrogen and oxygen atoms in total. The smallest absolute Gasteiger partial charge is 0.127 e. The summed E-state index contributed by atoms with van der Waals surface area (Å²) in [5.41, 5.74) is 1.07. The third kappa shape index (κ3) is 2.73. The van der Waals surface area contributed by atoms with Crippen LogP contribution < -0.4 is 4.74 Å². The number of carbonyl (C=O) groups is 1. The molecule has 0 amide bonds. The predicted molar refractivity (Wildman–Crippen MR) is 92.2 cm³/mol. The van der Waals surface area contributed by atoms with Gasteiger partial charge in [0.25, 0.3) is 0 Å². The van der Waals surface area contributed by atoms with Gasteiger partial charge in [-0.25, -0.2) is 0 Å². The Labute approximate surface area is 142 Å². The van der Waals surface area contributed by atoms with Crippen molar-refractivity contribution in [2.75, 3.05) is 6.61 Å². The molecule has 1 aliphatic carbocycles. The van der Waals surface area contributed by atoms with E-state index >= 15 is 0 Å². The zero-order valence-electron chi connectivity index (χ0n) is 13.7.